The van der Waals surface area contributed by atoms with Gasteiger partial charge in [-0.1, -0.05) is 38.5 Å². The van der Waals surface area contributed by atoms with Gasteiger partial charge in [-0.25, -0.2) is 14.8 Å². The first-order chi connectivity index (χ1) is 16.6. The Labute approximate surface area is 200 Å². The van der Waals surface area contributed by atoms with Crippen LogP contribution in [-0.4, -0.2) is 21.7 Å². The molecule has 2 aromatic carbocycles. The number of rotatable bonds is 8. The smallest absolute Gasteiger partial charge is 0.343 e. The molecule has 1 fully saturated rings. The molecule has 0 spiro atoms. The van der Waals surface area contributed by atoms with Gasteiger partial charge in [-0.05, 0) is 85.6 Å². The summed E-state index contributed by atoms with van der Waals surface area (Å²) in [6.45, 7) is 5.73. The van der Waals surface area contributed by atoms with Crippen molar-refractivity contribution in [1.82, 2.24) is 9.97 Å². The first kappa shape index (κ1) is 23.6. The van der Waals surface area contributed by atoms with Crippen LogP contribution in [0.2, 0.25) is 0 Å². The number of esters is 1. The Bertz CT molecular complexity index is 1130. The van der Waals surface area contributed by atoms with Crippen molar-refractivity contribution in [3.63, 3.8) is 0 Å². The second-order valence-electron chi connectivity index (χ2n) is 8.91. The van der Waals surface area contributed by atoms with Crippen LogP contribution in [0.4, 0.5) is 0 Å². The van der Waals surface area contributed by atoms with Crippen molar-refractivity contribution in [2.45, 2.75) is 51.4 Å². The lowest BCUT2D eigenvalue weighted by molar-refractivity contribution is 0.0734. The Balaban J connectivity index is 1.36. The van der Waals surface area contributed by atoms with E-state index in [0.717, 1.165) is 11.5 Å². The van der Waals surface area contributed by atoms with E-state index >= 15 is 0 Å². The summed E-state index contributed by atoms with van der Waals surface area (Å²) in [7, 11) is 0. The van der Waals surface area contributed by atoms with Crippen LogP contribution < -0.4 is 4.74 Å². The lowest BCUT2D eigenvalue weighted by Gasteiger charge is -2.28. The Kier molecular flexibility index (Phi) is 7.63. The molecule has 5 heteroatoms. The highest BCUT2D eigenvalue weighted by atomic mass is 16.5. The third kappa shape index (κ3) is 5.66. The number of nitrogens with zero attached hydrogens (tertiary/aromatic N) is 2. The molecule has 5 nitrogen and oxygen atoms in total. The Morgan fingerprint density at radius 1 is 0.941 bits per heavy atom. The predicted molar refractivity (Wildman–Crippen MR) is 133 cm³/mol. The van der Waals surface area contributed by atoms with Gasteiger partial charge in [0.05, 0.1) is 5.56 Å². The highest BCUT2D eigenvalue weighted by Crippen LogP contribution is 2.37. The summed E-state index contributed by atoms with van der Waals surface area (Å²) in [5, 5.41) is 0. The van der Waals surface area contributed by atoms with Crippen molar-refractivity contribution >= 4 is 11.8 Å². The van der Waals surface area contributed by atoms with E-state index in [2.05, 4.69) is 23.5 Å². The molecule has 1 aliphatic rings. The molecule has 3 aromatic rings. The molecule has 0 radical (unpaired) electrons. The van der Waals surface area contributed by atoms with Gasteiger partial charge < -0.3 is 4.74 Å². The molecule has 34 heavy (non-hydrogen) atoms. The van der Waals surface area contributed by atoms with Crippen LogP contribution in [0.25, 0.3) is 11.4 Å². The summed E-state index contributed by atoms with van der Waals surface area (Å²) in [5.74, 6) is 1.81. The number of allylic oxidation sites excluding steroid dienone is 1. The Morgan fingerprint density at radius 3 is 2.15 bits per heavy atom. The first-order valence-corrected chi connectivity index (χ1v) is 12.0. The molecule has 174 valence electrons. The largest absolute Gasteiger partial charge is 0.423 e. The van der Waals surface area contributed by atoms with Gasteiger partial charge >= 0.3 is 5.97 Å². The van der Waals surface area contributed by atoms with E-state index in [0.29, 0.717) is 28.6 Å². The van der Waals surface area contributed by atoms with Crippen molar-refractivity contribution in [2.75, 3.05) is 0 Å². The summed E-state index contributed by atoms with van der Waals surface area (Å²) in [4.78, 5) is 33.3. The standard InChI is InChI=1S/C29H30N2O3/c1-3-5-20-6-8-21(9-7-20)25-18-30-28(31-19-25)23-10-12-24(13-11-23)29(33)34-26-16-14-22(15-17-26)27(32)4-2/h4,10-21H,2-3,5-9H2,1H3. The second-order valence-corrected chi connectivity index (χ2v) is 8.91. The van der Waals surface area contributed by atoms with E-state index in [-0.39, 0.29) is 5.78 Å². The molecule has 0 aliphatic heterocycles. The SMILES string of the molecule is C=CC(=O)c1ccc(OC(=O)c2ccc(-c3ncc(C4CCC(CCC)CC4)cn3)cc2)cc1. The normalized spacial score (nSPS) is 17.7. The summed E-state index contributed by atoms with van der Waals surface area (Å²) < 4.78 is 5.41. The molecule has 0 atom stereocenters. The molecule has 0 N–H and O–H groups in total. The van der Waals surface area contributed by atoms with Crippen molar-refractivity contribution in [2.24, 2.45) is 5.92 Å². The number of benzene rings is 2. The lowest BCUT2D eigenvalue weighted by Crippen LogP contribution is -2.13. The summed E-state index contributed by atoms with van der Waals surface area (Å²) in [6.07, 6.45) is 12.8. The third-order valence-corrected chi connectivity index (χ3v) is 6.60. The van der Waals surface area contributed by atoms with Gasteiger partial charge in [0.2, 0.25) is 0 Å². The Hall–Kier alpha value is -3.60. The minimum absolute atomic E-state index is 0.178. The maximum absolute atomic E-state index is 12.5. The number of ether oxygens (including phenoxy) is 1. The second kappa shape index (κ2) is 11.0. The zero-order valence-corrected chi connectivity index (χ0v) is 19.6. The van der Waals surface area contributed by atoms with Gasteiger partial charge in [0.15, 0.2) is 11.6 Å². The molecule has 1 aromatic heterocycles. The minimum atomic E-state index is -0.468. The van der Waals surface area contributed by atoms with Crippen LogP contribution in [0.5, 0.6) is 5.75 Å². The Morgan fingerprint density at radius 2 is 1.56 bits per heavy atom. The topological polar surface area (TPSA) is 69.2 Å². The van der Waals surface area contributed by atoms with Crippen LogP contribution in [-0.2, 0) is 0 Å². The van der Waals surface area contributed by atoms with E-state index in [9.17, 15) is 9.59 Å². The maximum Gasteiger partial charge on any atom is 0.343 e. The summed E-state index contributed by atoms with van der Waals surface area (Å²) >= 11 is 0. The zero-order valence-electron chi connectivity index (χ0n) is 19.6. The van der Waals surface area contributed by atoms with Gasteiger partial charge in [0.25, 0.3) is 0 Å². The molecule has 4 rings (SSSR count). The van der Waals surface area contributed by atoms with Crippen LogP contribution in [0, 0.1) is 5.92 Å². The average Bonchev–Trinajstić information content (AvgIpc) is 2.89. The van der Waals surface area contributed by atoms with Crippen LogP contribution in [0.1, 0.15) is 77.6 Å². The number of hydrogen-bond acceptors (Lipinski definition) is 5. The van der Waals surface area contributed by atoms with Gasteiger partial charge in [-0.2, -0.15) is 0 Å². The number of aromatic nitrogens is 2. The molecule has 0 bridgehead atoms. The summed E-state index contributed by atoms with van der Waals surface area (Å²) in [5.41, 5.74) is 2.99. The molecule has 1 aliphatic carbocycles. The molecule has 0 unspecified atom stereocenters. The molecule has 0 amide bonds. The van der Waals surface area contributed by atoms with Crippen LogP contribution >= 0.6 is 0 Å². The van der Waals surface area contributed by atoms with Crippen molar-refractivity contribution in [3.8, 4) is 17.1 Å². The molecule has 0 saturated heterocycles. The number of carbonyl (C=O) groups is 2. The van der Waals surface area contributed by atoms with Crippen molar-refractivity contribution < 1.29 is 14.3 Å². The minimum Gasteiger partial charge on any atom is -0.423 e. The monoisotopic (exact) mass is 454 g/mol. The fourth-order valence-electron chi connectivity index (χ4n) is 4.62. The number of carbonyl (C=O) groups excluding carboxylic acids is 2. The van der Waals surface area contributed by atoms with Crippen molar-refractivity contribution in [1.29, 1.82) is 0 Å². The quantitative estimate of drug-likeness (QED) is 0.162. The van der Waals surface area contributed by atoms with Gasteiger partial charge in [-0.15, -0.1) is 0 Å². The van der Waals surface area contributed by atoms with Crippen LogP contribution in [0.3, 0.4) is 0 Å². The maximum atomic E-state index is 12.5. The number of ketones is 1. The van der Waals surface area contributed by atoms with Crippen LogP contribution in [0.15, 0.2) is 73.6 Å². The predicted octanol–water partition coefficient (Wildman–Crippen LogP) is 6.81. The van der Waals surface area contributed by atoms with E-state index in [1.165, 1.54) is 50.2 Å². The lowest BCUT2D eigenvalue weighted by atomic mass is 9.78. The van der Waals surface area contributed by atoms with E-state index in [1.807, 2.05) is 24.5 Å². The van der Waals surface area contributed by atoms with Gasteiger partial charge in [-0.3, -0.25) is 4.79 Å². The van der Waals surface area contributed by atoms with E-state index in [4.69, 9.17) is 4.74 Å². The third-order valence-electron chi connectivity index (χ3n) is 6.60. The van der Waals surface area contributed by atoms with Crippen molar-refractivity contribution in [3.05, 3.63) is 90.3 Å². The molecular weight excluding hydrogens is 424 g/mol. The fraction of sp³-hybridized carbons (Fsp3) is 0.310. The summed E-state index contributed by atoms with van der Waals surface area (Å²) in [6, 6.07) is 13.5. The first-order valence-electron chi connectivity index (χ1n) is 12.0. The highest BCUT2D eigenvalue weighted by Gasteiger charge is 2.22. The number of hydrogen-bond donors (Lipinski definition) is 0. The molecular formula is C29H30N2O3. The molecule has 1 heterocycles. The van der Waals surface area contributed by atoms with Gasteiger partial charge in [0, 0.05) is 23.5 Å². The van der Waals surface area contributed by atoms with Gasteiger partial charge in [0.1, 0.15) is 5.75 Å². The van der Waals surface area contributed by atoms with E-state index in [1.54, 1.807) is 36.4 Å². The van der Waals surface area contributed by atoms with E-state index < -0.39 is 5.97 Å². The fourth-order valence-corrected chi connectivity index (χ4v) is 4.62. The zero-order chi connectivity index (χ0) is 23.9. The highest BCUT2D eigenvalue weighted by molar-refractivity contribution is 6.04. The average molecular weight is 455 g/mol. The molecule has 1 saturated carbocycles.